The third-order valence-corrected chi connectivity index (χ3v) is 6.57. The average molecular weight is 453 g/mol. The summed E-state index contributed by atoms with van der Waals surface area (Å²) in [4.78, 5) is 24.7. The van der Waals surface area contributed by atoms with E-state index in [9.17, 15) is 9.59 Å². The molecule has 1 aromatic heterocycles. The molecule has 0 aliphatic heterocycles. The Morgan fingerprint density at radius 2 is 1.77 bits per heavy atom. The number of rotatable bonds is 9. The number of nitrogens with zero attached hydrogens (tertiary/aromatic N) is 2. The van der Waals surface area contributed by atoms with E-state index in [0.29, 0.717) is 38.3 Å². The molecule has 1 fully saturated rings. The fourth-order valence-electron chi connectivity index (χ4n) is 3.17. The van der Waals surface area contributed by atoms with Crippen LogP contribution >= 0.6 is 23.1 Å². The van der Waals surface area contributed by atoms with Crippen LogP contribution in [-0.2, 0) is 4.79 Å². The number of hydrogen-bond acceptors (Lipinski definition) is 9. The molecule has 0 saturated heterocycles. The first-order valence-electron chi connectivity index (χ1n) is 9.41. The van der Waals surface area contributed by atoms with Crippen molar-refractivity contribution in [3.8, 4) is 17.2 Å². The van der Waals surface area contributed by atoms with Gasteiger partial charge >= 0.3 is 0 Å². The third kappa shape index (κ3) is 5.54. The predicted molar refractivity (Wildman–Crippen MR) is 115 cm³/mol. The van der Waals surface area contributed by atoms with Crippen molar-refractivity contribution in [3.05, 3.63) is 17.7 Å². The molecular weight excluding hydrogens is 428 g/mol. The maximum Gasteiger partial charge on any atom is 0.257 e. The molecule has 0 unspecified atom stereocenters. The Labute approximate surface area is 182 Å². The van der Waals surface area contributed by atoms with E-state index in [0.717, 1.165) is 12.8 Å². The molecule has 0 spiro atoms. The highest BCUT2D eigenvalue weighted by atomic mass is 32.2. The molecule has 162 valence electrons. The second-order valence-electron chi connectivity index (χ2n) is 6.58. The molecule has 2 amide bonds. The average Bonchev–Trinajstić information content (AvgIpc) is 3.43. The van der Waals surface area contributed by atoms with Crippen LogP contribution in [0.25, 0.3) is 0 Å². The SMILES string of the molecule is COc1cc(C(=O)Nc2nnc(SCC(=O)NC3CCCC3)s2)cc(OC)c1OC. The van der Waals surface area contributed by atoms with Gasteiger partial charge in [0.1, 0.15) is 0 Å². The van der Waals surface area contributed by atoms with Gasteiger partial charge < -0.3 is 19.5 Å². The third-order valence-electron chi connectivity index (χ3n) is 4.60. The Morgan fingerprint density at radius 1 is 1.10 bits per heavy atom. The lowest BCUT2D eigenvalue weighted by Gasteiger charge is -2.13. The molecule has 2 aromatic rings. The fraction of sp³-hybridized carbons (Fsp3) is 0.474. The smallest absolute Gasteiger partial charge is 0.257 e. The van der Waals surface area contributed by atoms with Gasteiger partial charge in [0.2, 0.25) is 16.8 Å². The minimum Gasteiger partial charge on any atom is -0.493 e. The quantitative estimate of drug-likeness (QED) is 0.441. The number of methoxy groups -OCH3 is 3. The molecular formula is C19H24N4O5S2. The summed E-state index contributed by atoms with van der Waals surface area (Å²) in [6.45, 7) is 0. The molecule has 1 heterocycles. The van der Waals surface area contributed by atoms with E-state index in [-0.39, 0.29) is 17.6 Å². The zero-order chi connectivity index (χ0) is 21.5. The standard InChI is InChI=1S/C19H24N4O5S2/c1-26-13-8-11(9-14(27-2)16(13)28-3)17(25)21-18-22-23-19(30-18)29-10-15(24)20-12-6-4-5-7-12/h8-9,12H,4-7,10H2,1-3H3,(H,20,24)(H,21,22,25). The second kappa shape index (κ2) is 10.5. The molecule has 0 atom stereocenters. The molecule has 11 heteroatoms. The van der Waals surface area contributed by atoms with Gasteiger partial charge in [-0.1, -0.05) is 35.9 Å². The molecule has 0 radical (unpaired) electrons. The van der Waals surface area contributed by atoms with Crippen molar-refractivity contribution < 1.29 is 23.8 Å². The first-order chi connectivity index (χ1) is 14.5. The Bertz CT molecular complexity index is 874. The Hall–Kier alpha value is -2.53. The van der Waals surface area contributed by atoms with E-state index in [1.807, 2.05) is 0 Å². The fourth-order valence-corrected chi connectivity index (χ4v) is 4.73. The van der Waals surface area contributed by atoms with Gasteiger partial charge in [-0.25, -0.2) is 0 Å². The van der Waals surface area contributed by atoms with Crippen LogP contribution in [0.4, 0.5) is 5.13 Å². The van der Waals surface area contributed by atoms with Crippen molar-refractivity contribution in [2.24, 2.45) is 0 Å². The van der Waals surface area contributed by atoms with Crippen LogP contribution in [0.15, 0.2) is 16.5 Å². The molecule has 9 nitrogen and oxygen atoms in total. The highest BCUT2D eigenvalue weighted by Crippen LogP contribution is 2.38. The van der Waals surface area contributed by atoms with Crippen LogP contribution in [-0.4, -0.2) is 55.1 Å². The number of nitrogens with one attached hydrogen (secondary N) is 2. The predicted octanol–water partition coefficient (Wildman–Crippen LogP) is 2.97. The molecule has 1 aromatic carbocycles. The number of anilines is 1. The van der Waals surface area contributed by atoms with E-state index >= 15 is 0 Å². The Kier molecular flexibility index (Phi) is 7.75. The summed E-state index contributed by atoms with van der Waals surface area (Å²) in [6, 6.07) is 3.41. The maximum absolute atomic E-state index is 12.6. The summed E-state index contributed by atoms with van der Waals surface area (Å²) < 4.78 is 16.4. The van der Waals surface area contributed by atoms with Crippen molar-refractivity contribution in [1.29, 1.82) is 0 Å². The lowest BCUT2D eigenvalue weighted by molar-refractivity contribution is -0.119. The number of carbonyl (C=O) groups is 2. The van der Waals surface area contributed by atoms with Crippen molar-refractivity contribution >= 4 is 40.0 Å². The zero-order valence-electron chi connectivity index (χ0n) is 17.0. The van der Waals surface area contributed by atoms with Gasteiger partial charge in [-0.15, -0.1) is 10.2 Å². The Morgan fingerprint density at radius 3 is 2.37 bits per heavy atom. The molecule has 0 bridgehead atoms. The number of hydrogen-bond donors (Lipinski definition) is 2. The number of ether oxygens (including phenoxy) is 3. The van der Waals surface area contributed by atoms with E-state index in [4.69, 9.17) is 14.2 Å². The number of thioether (sulfide) groups is 1. The van der Waals surface area contributed by atoms with Crippen LogP contribution < -0.4 is 24.8 Å². The summed E-state index contributed by atoms with van der Waals surface area (Å²) in [5, 5.41) is 14.1. The summed E-state index contributed by atoms with van der Waals surface area (Å²) in [5.74, 6) is 1.03. The number of amides is 2. The van der Waals surface area contributed by atoms with E-state index in [2.05, 4.69) is 20.8 Å². The van der Waals surface area contributed by atoms with Gasteiger partial charge in [0, 0.05) is 11.6 Å². The minimum absolute atomic E-state index is 0.00916. The molecule has 3 rings (SSSR count). The second-order valence-corrected chi connectivity index (χ2v) is 8.78. The lowest BCUT2D eigenvalue weighted by atomic mass is 10.1. The highest BCUT2D eigenvalue weighted by Gasteiger charge is 2.19. The zero-order valence-corrected chi connectivity index (χ0v) is 18.7. The molecule has 1 aliphatic carbocycles. The van der Waals surface area contributed by atoms with Crippen LogP contribution in [0.2, 0.25) is 0 Å². The first kappa shape index (κ1) is 22.2. The van der Waals surface area contributed by atoms with Gasteiger partial charge in [0.25, 0.3) is 5.91 Å². The van der Waals surface area contributed by atoms with Crippen LogP contribution in [0, 0.1) is 0 Å². The molecule has 1 saturated carbocycles. The van der Waals surface area contributed by atoms with Crippen molar-refractivity contribution in [1.82, 2.24) is 15.5 Å². The number of aromatic nitrogens is 2. The summed E-state index contributed by atoms with van der Waals surface area (Å²) >= 11 is 2.51. The van der Waals surface area contributed by atoms with Crippen molar-refractivity contribution in [2.45, 2.75) is 36.1 Å². The van der Waals surface area contributed by atoms with Crippen molar-refractivity contribution in [3.63, 3.8) is 0 Å². The molecule has 2 N–H and O–H groups in total. The number of carbonyl (C=O) groups excluding carboxylic acids is 2. The monoisotopic (exact) mass is 452 g/mol. The highest BCUT2D eigenvalue weighted by molar-refractivity contribution is 8.01. The van der Waals surface area contributed by atoms with E-state index < -0.39 is 0 Å². The van der Waals surface area contributed by atoms with E-state index in [1.165, 1.54) is 57.3 Å². The lowest BCUT2D eigenvalue weighted by Crippen LogP contribution is -2.33. The minimum atomic E-state index is -0.388. The maximum atomic E-state index is 12.6. The van der Waals surface area contributed by atoms with Crippen LogP contribution in [0.3, 0.4) is 0 Å². The van der Waals surface area contributed by atoms with Gasteiger partial charge in [-0.2, -0.15) is 0 Å². The summed E-state index contributed by atoms with van der Waals surface area (Å²) in [5.41, 5.74) is 0.324. The van der Waals surface area contributed by atoms with Gasteiger partial charge in [0.05, 0.1) is 27.1 Å². The summed E-state index contributed by atoms with van der Waals surface area (Å²) in [7, 11) is 4.46. The summed E-state index contributed by atoms with van der Waals surface area (Å²) in [6.07, 6.45) is 4.44. The largest absolute Gasteiger partial charge is 0.493 e. The van der Waals surface area contributed by atoms with Gasteiger partial charge in [-0.05, 0) is 25.0 Å². The first-order valence-corrected chi connectivity index (χ1v) is 11.2. The van der Waals surface area contributed by atoms with E-state index in [1.54, 1.807) is 12.1 Å². The molecule has 30 heavy (non-hydrogen) atoms. The number of benzene rings is 1. The van der Waals surface area contributed by atoms with Gasteiger partial charge in [0.15, 0.2) is 15.8 Å². The van der Waals surface area contributed by atoms with Crippen molar-refractivity contribution in [2.75, 3.05) is 32.4 Å². The normalized spacial score (nSPS) is 13.7. The van der Waals surface area contributed by atoms with Gasteiger partial charge in [-0.3, -0.25) is 14.9 Å². The topological polar surface area (TPSA) is 112 Å². The van der Waals surface area contributed by atoms with Crippen LogP contribution in [0.5, 0.6) is 17.2 Å². The Balaban J connectivity index is 1.58. The molecule has 1 aliphatic rings. The van der Waals surface area contributed by atoms with Crippen LogP contribution in [0.1, 0.15) is 36.0 Å².